The summed E-state index contributed by atoms with van der Waals surface area (Å²) in [5.41, 5.74) is 3.53. The van der Waals surface area contributed by atoms with Crippen molar-refractivity contribution < 1.29 is 23.9 Å². The normalized spacial score (nSPS) is 20.9. The predicted molar refractivity (Wildman–Crippen MR) is 126 cm³/mol. The highest BCUT2D eigenvalue weighted by Crippen LogP contribution is 2.38. The quantitative estimate of drug-likeness (QED) is 0.338. The van der Waals surface area contributed by atoms with Gasteiger partial charge in [-0.15, -0.1) is 0 Å². The van der Waals surface area contributed by atoms with Crippen molar-refractivity contribution in [3.05, 3.63) is 58.9 Å². The molecule has 34 heavy (non-hydrogen) atoms. The Hall–Kier alpha value is -3.22. The molecule has 180 valence electrons. The second-order valence-corrected chi connectivity index (χ2v) is 9.42. The molecule has 2 aliphatic rings. The summed E-state index contributed by atoms with van der Waals surface area (Å²) in [4.78, 5) is 52.0. The van der Waals surface area contributed by atoms with E-state index >= 15 is 0 Å². The molecule has 1 saturated carbocycles. The standard InChI is InChI=1S/C27H32N2O5/c1-17-15-23(18(2)28(17)14-13-20-9-5-4-6-10-20)24(30)16-34-27(33)19(3)29-25(31)21-11-7-8-12-22(21)26(29)32/h4-6,9-10,15,19,21-22H,7-8,11-14,16H2,1-3H3/t19-,21?,22?/m0/s1. The van der Waals surface area contributed by atoms with E-state index in [1.54, 1.807) is 0 Å². The lowest BCUT2D eigenvalue weighted by Crippen LogP contribution is -2.44. The number of benzene rings is 1. The van der Waals surface area contributed by atoms with Crippen molar-refractivity contribution >= 4 is 23.6 Å². The van der Waals surface area contributed by atoms with Crippen molar-refractivity contribution in [2.75, 3.05) is 6.61 Å². The first kappa shape index (κ1) is 23.9. The lowest BCUT2D eigenvalue weighted by Gasteiger charge is -2.21. The van der Waals surface area contributed by atoms with E-state index in [9.17, 15) is 19.2 Å². The summed E-state index contributed by atoms with van der Waals surface area (Å²) in [6, 6.07) is 10.9. The van der Waals surface area contributed by atoms with Gasteiger partial charge < -0.3 is 9.30 Å². The van der Waals surface area contributed by atoms with E-state index in [1.165, 1.54) is 12.5 Å². The highest BCUT2D eigenvalue weighted by Gasteiger charge is 2.51. The maximum atomic E-state index is 12.8. The molecule has 1 saturated heterocycles. The maximum Gasteiger partial charge on any atom is 0.329 e. The van der Waals surface area contributed by atoms with Crippen molar-refractivity contribution in [2.45, 2.75) is 65.5 Å². The van der Waals surface area contributed by atoms with Gasteiger partial charge in [-0.3, -0.25) is 19.3 Å². The number of Topliss-reactive ketones (excluding diaryl/α,β-unsaturated/α-hetero) is 1. The fraction of sp³-hybridized carbons (Fsp3) is 0.481. The fourth-order valence-corrected chi connectivity index (χ4v) is 5.32. The Labute approximate surface area is 200 Å². The molecule has 1 aromatic heterocycles. The van der Waals surface area contributed by atoms with E-state index in [0.717, 1.165) is 42.1 Å². The smallest absolute Gasteiger partial charge is 0.329 e. The Balaban J connectivity index is 1.36. The van der Waals surface area contributed by atoms with Crippen LogP contribution in [0.5, 0.6) is 0 Å². The number of ketones is 1. The first-order valence-corrected chi connectivity index (χ1v) is 12.1. The zero-order valence-electron chi connectivity index (χ0n) is 20.1. The SMILES string of the molecule is Cc1cc(C(=O)COC(=O)[C@H](C)N2C(=O)C3CCCCC3C2=O)c(C)n1CCc1ccccc1. The third-order valence-electron chi connectivity index (χ3n) is 7.29. The minimum absolute atomic E-state index is 0.285. The molecule has 0 bridgehead atoms. The molecule has 0 radical (unpaired) electrons. The van der Waals surface area contributed by atoms with Crippen molar-refractivity contribution in [1.29, 1.82) is 0 Å². The van der Waals surface area contributed by atoms with Gasteiger partial charge in [0.25, 0.3) is 0 Å². The number of aromatic nitrogens is 1. The summed E-state index contributed by atoms with van der Waals surface area (Å²) >= 11 is 0. The predicted octanol–water partition coefficient (Wildman–Crippen LogP) is 3.64. The zero-order chi connectivity index (χ0) is 24.4. The molecular weight excluding hydrogens is 432 g/mol. The number of hydrogen-bond acceptors (Lipinski definition) is 5. The topological polar surface area (TPSA) is 85.7 Å². The van der Waals surface area contributed by atoms with E-state index in [1.807, 2.05) is 38.1 Å². The van der Waals surface area contributed by atoms with Crippen LogP contribution in [0.2, 0.25) is 0 Å². The lowest BCUT2D eigenvalue weighted by molar-refractivity contribution is -0.157. The van der Waals surface area contributed by atoms with Gasteiger partial charge in [-0.2, -0.15) is 0 Å². The van der Waals surface area contributed by atoms with Gasteiger partial charge in [-0.05, 0) is 51.7 Å². The number of nitrogens with zero attached hydrogens (tertiary/aromatic N) is 2. The van der Waals surface area contributed by atoms with Gasteiger partial charge >= 0.3 is 5.97 Å². The van der Waals surface area contributed by atoms with Crippen LogP contribution in [0, 0.1) is 25.7 Å². The van der Waals surface area contributed by atoms with Crippen LogP contribution in [0.3, 0.4) is 0 Å². The van der Waals surface area contributed by atoms with Gasteiger partial charge in [0.1, 0.15) is 6.04 Å². The fourth-order valence-electron chi connectivity index (χ4n) is 5.32. The third-order valence-corrected chi connectivity index (χ3v) is 7.29. The summed E-state index contributed by atoms with van der Waals surface area (Å²) in [7, 11) is 0. The zero-order valence-corrected chi connectivity index (χ0v) is 20.1. The second kappa shape index (κ2) is 9.95. The lowest BCUT2D eigenvalue weighted by atomic mass is 9.81. The van der Waals surface area contributed by atoms with Gasteiger partial charge in [0.05, 0.1) is 11.8 Å². The maximum absolute atomic E-state index is 12.8. The average molecular weight is 465 g/mol. The molecule has 2 heterocycles. The van der Waals surface area contributed by atoms with Crippen LogP contribution >= 0.6 is 0 Å². The Bertz CT molecular complexity index is 1080. The number of fused-ring (bicyclic) bond motifs is 1. The Morgan fingerprint density at radius 3 is 2.26 bits per heavy atom. The van der Waals surface area contributed by atoms with E-state index in [4.69, 9.17) is 4.74 Å². The number of ether oxygens (including phenoxy) is 1. The van der Waals surface area contributed by atoms with Crippen LogP contribution in [0.1, 0.15) is 59.9 Å². The summed E-state index contributed by atoms with van der Waals surface area (Å²) < 4.78 is 7.36. The molecule has 4 rings (SSSR count). The number of imide groups is 1. The van der Waals surface area contributed by atoms with Crippen LogP contribution in [-0.2, 0) is 32.1 Å². The largest absolute Gasteiger partial charge is 0.456 e. The number of aryl methyl sites for hydroxylation is 2. The Kier molecular flexibility index (Phi) is 7.00. The number of carbonyl (C=O) groups is 4. The number of amides is 2. The Morgan fingerprint density at radius 2 is 1.65 bits per heavy atom. The van der Waals surface area contributed by atoms with E-state index < -0.39 is 18.6 Å². The van der Waals surface area contributed by atoms with Crippen LogP contribution in [0.15, 0.2) is 36.4 Å². The summed E-state index contributed by atoms with van der Waals surface area (Å²) in [5, 5.41) is 0. The first-order valence-electron chi connectivity index (χ1n) is 12.1. The molecule has 2 fully saturated rings. The molecular formula is C27H32N2O5. The second-order valence-electron chi connectivity index (χ2n) is 9.42. The monoisotopic (exact) mass is 464 g/mol. The molecule has 7 heteroatoms. The van der Waals surface area contributed by atoms with Gasteiger partial charge in [0.2, 0.25) is 17.6 Å². The van der Waals surface area contributed by atoms with Crippen molar-refractivity contribution in [3.8, 4) is 0 Å². The number of esters is 1. The van der Waals surface area contributed by atoms with Crippen LogP contribution < -0.4 is 0 Å². The third kappa shape index (κ3) is 4.56. The minimum atomic E-state index is -1.03. The summed E-state index contributed by atoms with van der Waals surface area (Å²) in [6.45, 7) is 5.66. The molecule has 0 spiro atoms. The number of carbonyl (C=O) groups excluding carboxylic acids is 4. The highest BCUT2D eigenvalue weighted by molar-refractivity contribution is 6.08. The number of hydrogen-bond donors (Lipinski definition) is 0. The molecule has 7 nitrogen and oxygen atoms in total. The molecule has 2 amide bonds. The molecule has 1 aliphatic carbocycles. The molecule has 2 unspecified atom stereocenters. The van der Waals surface area contributed by atoms with E-state index in [2.05, 4.69) is 16.7 Å². The van der Waals surface area contributed by atoms with Crippen LogP contribution in [0.25, 0.3) is 0 Å². The highest BCUT2D eigenvalue weighted by atomic mass is 16.5. The Morgan fingerprint density at radius 1 is 1.03 bits per heavy atom. The van der Waals surface area contributed by atoms with Crippen LogP contribution in [-0.4, -0.2) is 45.7 Å². The molecule has 1 aromatic carbocycles. The van der Waals surface area contributed by atoms with Gasteiger partial charge in [0, 0.05) is 23.5 Å². The van der Waals surface area contributed by atoms with Gasteiger partial charge in [0.15, 0.2) is 6.61 Å². The average Bonchev–Trinajstić information content (AvgIpc) is 3.28. The minimum Gasteiger partial charge on any atom is -0.456 e. The summed E-state index contributed by atoms with van der Waals surface area (Å²) in [5.74, 6) is -2.24. The molecule has 2 aromatic rings. The van der Waals surface area contributed by atoms with Crippen molar-refractivity contribution in [3.63, 3.8) is 0 Å². The molecule has 1 aliphatic heterocycles. The van der Waals surface area contributed by atoms with E-state index in [-0.39, 0.29) is 29.4 Å². The van der Waals surface area contributed by atoms with Crippen molar-refractivity contribution in [1.82, 2.24) is 9.47 Å². The first-order chi connectivity index (χ1) is 16.3. The van der Waals surface area contributed by atoms with Crippen molar-refractivity contribution in [2.24, 2.45) is 11.8 Å². The number of rotatable bonds is 8. The van der Waals surface area contributed by atoms with Gasteiger partial charge in [-0.1, -0.05) is 43.2 Å². The van der Waals surface area contributed by atoms with Crippen LogP contribution in [0.4, 0.5) is 0 Å². The van der Waals surface area contributed by atoms with Gasteiger partial charge in [-0.25, -0.2) is 4.79 Å². The molecule has 3 atom stereocenters. The number of likely N-dealkylation sites (tertiary alicyclic amines) is 1. The summed E-state index contributed by atoms with van der Waals surface area (Å²) in [6.07, 6.45) is 4.06. The molecule has 0 N–H and O–H groups in total. The van der Waals surface area contributed by atoms with E-state index in [0.29, 0.717) is 18.4 Å².